The van der Waals surface area contributed by atoms with Crippen molar-refractivity contribution in [2.75, 3.05) is 20.2 Å². The van der Waals surface area contributed by atoms with Gasteiger partial charge >= 0.3 is 0 Å². The molecule has 10 heteroatoms. The van der Waals surface area contributed by atoms with Crippen LogP contribution in [-0.2, 0) is 6.54 Å². The summed E-state index contributed by atoms with van der Waals surface area (Å²) in [6.45, 7) is 0.775. The van der Waals surface area contributed by atoms with E-state index in [9.17, 15) is 13.6 Å². The van der Waals surface area contributed by atoms with Gasteiger partial charge in [0.05, 0.1) is 13.1 Å². The van der Waals surface area contributed by atoms with Gasteiger partial charge in [-0.2, -0.15) is 0 Å². The maximum atomic E-state index is 13.4. The van der Waals surface area contributed by atoms with Gasteiger partial charge < -0.3 is 25.5 Å². The summed E-state index contributed by atoms with van der Waals surface area (Å²) in [5.74, 6) is -1.04. The van der Waals surface area contributed by atoms with E-state index in [1.54, 1.807) is 13.1 Å². The zero-order chi connectivity index (χ0) is 18.2. The van der Waals surface area contributed by atoms with Crippen LogP contribution in [0.1, 0.15) is 16.3 Å². The summed E-state index contributed by atoms with van der Waals surface area (Å²) in [4.78, 5) is 15.0. The lowest BCUT2D eigenvalue weighted by molar-refractivity contribution is 0.0972. The Kier molecular flexibility index (Phi) is 8.82. The highest BCUT2D eigenvalue weighted by Crippen LogP contribution is 2.17. The molecular formula is C16H19F2IN4O3. The fourth-order valence-corrected chi connectivity index (χ4v) is 1.92. The largest absolute Gasteiger partial charge is 0.489 e. The molecule has 2 aromatic rings. The van der Waals surface area contributed by atoms with Crippen LogP contribution in [0.25, 0.3) is 0 Å². The van der Waals surface area contributed by atoms with Gasteiger partial charge in [-0.3, -0.25) is 9.79 Å². The lowest BCUT2D eigenvalue weighted by Crippen LogP contribution is -2.38. The third-order valence-corrected chi connectivity index (χ3v) is 3.10. The van der Waals surface area contributed by atoms with Crippen LogP contribution in [0.2, 0.25) is 0 Å². The van der Waals surface area contributed by atoms with E-state index in [1.807, 2.05) is 0 Å². The maximum Gasteiger partial charge on any atom is 0.284 e. The first-order valence-corrected chi connectivity index (χ1v) is 7.40. The van der Waals surface area contributed by atoms with Crippen LogP contribution in [0.4, 0.5) is 8.78 Å². The molecule has 0 unspecified atom stereocenters. The van der Waals surface area contributed by atoms with E-state index in [4.69, 9.17) is 14.9 Å². The van der Waals surface area contributed by atoms with Crippen LogP contribution in [0.5, 0.6) is 5.75 Å². The highest BCUT2D eigenvalue weighted by molar-refractivity contribution is 14.0. The topological polar surface area (TPSA) is 102 Å². The number of halogens is 3. The summed E-state index contributed by atoms with van der Waals surface area (Å²) in [6.07, 6.45) is 0. The van der Waals surface area contributed by atoms with Crippen molar-refractivity contribution < 1.29 is 22.7 Å². The monoisotopic (exact) mass is 480 g/mol. The molecule has 4 N–H and O–H groups in total. The van der Waals surface area contributed by atoms with Crippen LogP contribution >= 0.6 is 24.0 Å². The molecule has 7 nitrogen and oxygen atoms in total. The minimum absolute atomic E-state index is 0. The fourth-order valence-electron chi connectivity index (χ4n) is 1.92. The molecule has 142 valence electrons. The van der Waals surface area contributed by atoms with Crippen LogP contribution in [0.3, 0.4) is 0 Å². The fraction of sp³-hybridized carbons (Fsp3) is 0.250. The van der Waals surface area contributed by atoms with Gasteiger partial charge in [0.1, 0.15) is 18.2 Å². The lowest BCUT2D eigenvalue weighted by atomic mass is 10.3. The molecule has 0 aliphatic heterocycles. The molecule has 0 aliphatic carbocycles. The van der Waals surface area contributed by atoms with E-state index >= 15 is 0 Å². The molecule has 1 heterocycles. The second-order valence-electron chi connectivity index (χ2n) is 4.91. The molecule has 0 bridgehead atoms. The van der Waals surface area contributed by atoms with Gasteiger partial charge in [0, 0.05) is 13.1 Å². The number of rotatable bonds is 7. The predicted molar refractivity (Wildman–Crippen MR) is 103 cm³/mol. The number of benzene rings is 1. The van der Waals surface area contributed by atoms with Crippen molar-refractivity contribution >= 4 is 35.8 Å². The Morgan fingerprint density at radius 2 is 2.04 bits per heavy atom. The summed E-state index contributed by atoms with van der Waals surface area (Å²) in [5, 5.41) is 5.92. The highest BCUT2D eigenvalue weighted by Gasteiger charge is 2.08. The summed E-state index contributed by atoms with van der Waals surface area (Å²) in [6, 6.07) is 6.22. The van der Waals surface area contributed by atoms with Crippen LogP contribution in [0, 0.1) is 11.6 Å². The molecule has 0 saturated heterocycles. The molecule has 0 spiro atoms. The number of aliphatic imine (C=N–C) groups is 1. The summed E-state index contributed by atoms with van der Waals surface area (Å²) in [7, 11) is 1.58. The normalized spacial score (nSPS) is 10.8. The van der Waals surface area contributed by atoms with Crippen molar-refractivity contribution in [1.82, 2.24) is 10.6 Å². The number of carbonyl (C=O) groups is 1. The first-order valence-electron chi connectivity index (χ1n) is 7.40. The smallest absolute Gasteiger partial charge is 0.284 e. The van der Waals surface area contributed by atoms with Crippen molar-refractivity contribution in [1.29, 1.82) is 0 Å². The molecule has 0 atom stereocenters. The van der Waals surface area contributed by atoms with Gasteiger partial charge in [0.25, 0.3) is 5.91 Å². The second kappa shape index (κ2) is 10.6. The van der Waals surface area contributed by atoms with E-state index in [0.29, 0.717) is 24.8 Å². The Morgan fingerprint density at radius 3 is 2.65 bits per heavy atom. The number of carbonyl (C=O) groups excluding carboxylic acids is 1. The van der Waals surface area contributed by atoms with E-state index < -0.39 is 17.5 Å². The van der Waals surface area contributed by atoms with Gasteiger partial charge in [-0.15, -0.1) is 24.0 Å². The maximum absolute atomic E-state index is 13.4. The SMILES string of the molecule is CN=C(NCCOc1ccc(F)cc1F)NCc1ccc(C(N)=O)o1.I. The Bertz CT molecular complexity index is 768. The van der Waals surface area contributed by atoms with Gasteiger partial charge in [0.2, 0.25) is 0 Å². The number of furan rings is 1. The zero-order valence-electron chi connectivity index (χ0n) is 13.9. The van der Waals surface area contributed by atoms with E-state index in [0.717, 1.165) is 12.1 Å². The quantitative estimate of drug-likeness (QED) is 0.244. The Morgan fingerprint density at radius 1 is 1.27 bits per heavy atom. The Labute approximate surface area is 166 Å². The van der Waals surface area contributed by atoms with Crippen molar-refractivity contribution in [3.8, 4) is 5.75 Å². The number of hydrogen-bond donors (Lipinski definition) is 3. The van der Waals surface area contributed by atoms with Crippen molar-refractivity contribution in [2.45, 2.75) is 6.54 Å². The number of hydrogen-bond acceptors (Lipinski definition) is 4. The number of amides is 1. The van der Waals surface area contributed by atoms with Crippen molar-refractivity contribution in [3.05, 3.63) is 53.5 Å². The van der Waals surface area contributed by atoms with Gasteiger partial charge in [-0.1, -0.05) is 0 Å². The molecule has 2 rings (SSSR count). The molecule has 1 amide bonds. The number of guanidine groups is 1. The minimum atomic E-state index is -0.759. The molecular weight excluding hydrogens is 461 g/mol. The van der Waals surface area contributed by atoms with Crippen LogP contribution in [0.15, 0.2) is 39.7 Å². The summed E-state index contributed by atoms with van der Waals surface area (Å²) < 4.78 is 36.6. The average Bonchev–Trinajstić information content (AvgIpc) is 3.05. The van der Waals surface area contributed by atoms with Crippen molar-refractivity contribution in [3.63, 3.8) is 0 Å². The summed E-state index contributed by atoms with van der Waals surface area (Å²) >= 11 is 0. The lowest BCUT2D eigenvalue weighted by Gasteiger charge is -2.12. The zero-order valence-corrected chi connectivity index (χ0v) is 16.3. The van der Waals surface area contributed by atoms with E-state index in [1.165, 1.54) is 12.1 Å². The van der Waals surface area contributed by atoms with Gasteiger partial charge in [-0.25, -0.2) is 8.78 Å². The third kappa shape index (κ3) is 6.50. The van der Waals surface area contributed by atoms with Crippen LogP contribution < -0.4 is 21.1 Å². The second-order valence-corrected chi connectivity index (χ2v) is 4.91. The van der Waals surface area contributed by atoms with E-state index in [2.05, 4.69) is 15.6 Å². The first kappa shape index (κ1) is 21.7. The number of nitrogens with two attached hydrogens (primary N) is 1. The molecule has 26 heavy (non-hydrogen) atoms. The number of nitrogens with zero attached hydrogens (tertiary/aromatic N) is 1. The van der Waals surface area contributed by atoms with Gasteiger partial charge in [-0.05, 0) is 24.3 Å². The molecule has 0 saturated carbocycles. The summed E-state index contributed by atoms with van der Waals surface area (Å²) in [5.41, 5.74) is 5.11. The third-order valence-electron chi connectivity index (χ3n) is 3.10. The molecule has 1 aromatic carbocycles. The molecule has 0 aliphatic rings. The average molecular weight is 480 g/mol. The predicted octanol–water partition coefficient (Wildman–Crippen LogP) is 2.02. The molecule has 1 aromatic heterocycles. The molecule has 0 radical (unpaired) electrons. The van der Waals surface area contributed by atoms with Crippen LogP contribution in [-0.4, -0.2) is 32.1 Å². The minimum Gasteiger partial charge on any atom is -0.489 e. The number of primary amides is 1. The van der Waals surface area contributed by atoms with E-state index in [-0.39, 0.29) is 42.1 Å². The van der Waals surface area contributed by atoms with Gasteiger partial charge in [0.15, 0.2) is 23.3 Å². The highest BCUT2D eigenvalue weighted by atomic mass is 127. The molecule has 0 fully saturated rings. The first-order chi connectivity index (χ1) is 12.0. The van der Waals surface area contributed by atoms with Crippen molar-refractivity contribution in [2.24, 2.45) is 10.7 Å². The Hall–Kier alpha value is -2.37. The standard InChI is InChI=1S/C16H18F2N4O3.HI/c1-20-16(22-9-11-3-5-14(25-11)15(19)23)21-6-7-24-13-4-2-10(17)8-12(13)18;/h2-5,8H,6-7,9H2,1H3,(H2,19,23)(H2,20,21,22);1H. The number of ether oxygens (including phenoxy) is 1. The number of nitrogens with one attached hydrogen (secondary N) is 2. The Balaban J connectivity index is 0.00000338.